The van der Waals surface area contributed by atoms with Crippen LogP contribution in [0.15, 0.2) is 6.20 Å². The van der Waals surface area contributed by atoms with E-state index in [0.29, 0.717) is 5.69 Å². The molecule has 1 aromatic rings. The van der Waals surface area contributed by atoms with Crippen molar-refractivity contribution in [2.24, 2.45) is 0 Å². The molecule has 0 spiro atoms. The number of aliphatic hydroxyl groups is 3. The zero-order chi connectivity index (χ0) is 14.4. The van der Waals surface area contributed by atoms with Crippen molar-refractivity contribution < 1.29 is 20.2 Å². The Kier molecular flexibility index (Phi) is 5.83. The minimum Gasteiger partial charge on any atom is -0.395 e. The Morgan fingerprint density at radius 3 is 2.53 bits per heavy atom. The minimum atomic E-state index is -1.05. The third-order valence-corrected chi connectivity index (χ3v) is 2.60. The summed E-state index contributed by atoms with van der Waals surface area (Å²) in [6, 6.07) is 0. The van der Waals surface area contributed by atoms with Gasteiger partial charge < -0.3 is 25.4 Å². The number of hydrogen-bond donors (Lipinski definition) is 3. The van der Waals surface area contributed by atoms with Gasteiger partial charge in [0.25, 0.3) is 0 Å². The van der Waals surface area contributed by atoms with Gasteiger partial charge in [-0.05, 0) is 11.8 Å². The minimum absolute atomic E-state index is 0.0584. The molecule has 1 atom stereocenters. The summed E-state index contributed by atoms with van der Waals surface area (Å²) in [7, 11) is 0. The highest BCUT2D eigenvalue weighted by Crippen LogP contribution is 2.12. The van der Waals surface area contributed by atoms with Crippen molar-refractivity contribution in [3.8, 4) is 0 Å². The van der Waals surface area contributed by atoms with Gasteiger partial charge in [-0.2, -0.15) is 0 Å². The van der Waals surface area contributed by atoms with Crippen LogP contribution in [0, 0.1) is 17.0 Å². The van der Waals surface area contributed by atoms with Crippen LogP contribution in [0.3, 0.4) is 0 Å². The molecule has 0 radical (unpaired) electrons. The maximum atomic E-state index is 10.8. The molecule has 1 aromatic heterocycles. The van der Waals surface area contributed by atoms with Crippen molar-refractivity contribution in [3.05, 3.63) is 22.0 Å². The van der Waals surface area contributed by atoms with Gasteiger partial charge in [0.2, 0.25) is 0 Å². The van der Waals surface area contributed by atoms with Crippen LogP contribution >= 0.6 is 0 Å². The van der Waals surface area contributed by atoms with Crippen molar-refractivity contribution in [2.75, 3.05) is 26.3 Å². The first-order chi connectivity index (χ1) is 8.99. The van der Waals surface area contributed by atoms with Crippen LogP contribution in [-0.2, 0) is 6.54 Å². The van der Waals surface area contributed by atoms with Gasteiger partial charge in [0.05, 0.1) is 13.2 Å². The topological polar surface area (TPSA) is 125 Å². The molecule has 0 aliphatic carbocycles. The second-order valence-corrected chi connectivity index (χ2v) is 4.06. The van der Waals surface area contributed by atoms with E-state index in [0.717, 1.165) is 0 Å². The van der Waals surface area contributed by atoms with E-state index in [1.807, 2.05) is 0 Å². The smallest absolute Gasteiger partial charge is 0.395 e. The predicted molar refractivity (Wildman–Crippen MR) is 65.4 cm³/mol. The van der Waals surface area contributed by atoms with Crippen LogP contribution in [-0.4, -0.2) is 67.2 Å². The quantitative estimate of drug-likeness (QED) is 0.306. The molecule has 9 heteroatoms. The lowest BCUT2D eigenvalue weighted by molar-refractivity contribution is -0.397. The van der Waals surface area contributed by atoms with Crippen LogP contribution in [0.4, 0.5) is 5.95 Å². The number of rotatable bonds is 8. The summed E-state index contributed by atoms with van der Waals surface area (Å²) >= 11 is 0. The van der Waals surface area contributed by atoms with E-state index in [4.69, 9.17) is 10.2 Å². The van der Waals surface area contributed by atoms with Gasteiger partial charge in [0.15, 0.2) is 0 Å². The lowest BCUT2D eigenvalue weighted by Gasteiger charge is -2.25. The van der Waals surface area contributed by atoms with Crippen LogP contribution < -0.4 is 0 Å². The van der Waals surface area contributed by atoms with E-state index in [1.54, 1.807) is 6.92 Å². The second-order valence-electron chi connectivity index (χ2n) is 4.06. The molecule has 0 saturated carbocycles. The number of imidazole rings is 1. The number of aliphatic hydroxyl groups excluding tert-OH is 3. The highest BCUT2D eigenvalue weighted by molar-refractivity contribution is 5.13. The van der Waals surface area contributed by atoms with Crippen molar-refractivity contribution in [3.63, 3.8) is 0 Å². The van der Waals surface area contributed by atoms with Gasteiger partial charge >= 0.3 is 5.95 Å². The Balaban J connectivity index is 2.79. The largest absolute Gasteiger partial charge is 0.434 e. The molecular formula is C10H18N4O5. The van der Waals surface area contributed by atoms with Gasteiger partial charge in [-0.3, -0.25) is 4.90 Å². The summed E-state index contributed by atoms with van der Waals surface area (Å²) < 4.78 is 1.24. The molecular weight excluding hydrogens is 256 g/mol. The molecule has 0 bridgehead atoms. The van der Waals surface area contributed by atoms with Gasteiger partial charge in [0.1, 0.15) is 24.7 Å². The maximum Gasteiger partial charge on any atom is 0.434 e. The zero-order valence-corrected chi connectivity index (χ0v) is 10.6. The molecule has 19 heavy (non-hydrogen) atoms. The fourth-order valence-corrected chi connectivity index (χ4v) is 1.77. The second kappa shape index (κ2) is 7.14. The number of nitrogens with zero attached hydrogens (tertiary/aromatic N) is 4. The Hall–Kier alpha value is -1.55. The number of aromatic nitrogens is 2. The van der Waals surface area contributed by atoms with E-state index in [-0.39, 0.29) is 38.8 Å². The van der Waals surface area contributed by atoms with Gasteiger partial charge in [-0.25, -0.2) is 4.57 Å². The average molecular weight is 274 g/mol. The van der Waals surface area contributed by atoms with Crippen LogP contribution in [0.25, 0.3) is 0 Å². The third-order valence-electron chi connectivity index (χ3n) is 2.60. The summed E-state index contributed by atoms with van der Waals surface area (Å²) in [5.41, 5.74) is 0.481. The molecule has 0 amide bonds. The first kappa shape index (κ1) is 15.5. The first-order valence-corrected chi connectivity index (χ1v) is 5.81. The molecule has 0 saturated heterocycles. The van der Waals surface area contributed by atoms with E-state index >= 15 is 0 Å². The number of hydrogen-bond acceptors (Lipinski definition) is 7. The molecule has 1 rings (SSSR count). The average Bonchev–Trinajstić information content (AvgIpc) is 2.70. The molecule has 3 N–H and O–H groups in total. The number of aryl methyl sites for hydroxylation is 1. The van der Waals surface area contributed by atoms with E-state index < -0.39 is 11.2 Å². The lowest BCUT2D eigenvalue weighted by Crippen LogP contribution is -2.41. The van der Waals surface area contributed by atoms with E-state index in [1.165, 1.54) is 15.7 Å². The summed E-state index contributed by atoms with van der Waals surface area (Å²) in [5.74, 6) is -0.343. The van der Waals surface area contributed by atoms with Crippen LogP contribution in [0.2, 0.25) is 0 Å². The highest BCUT2D eigenvalue weighted by Gasteiger charge is 2.23. The third kappa shape index (κ3) is 4.24. The molecule has 9 nitrogen and oxygen atoms in total. The summed E-state index contributed by atoms with van der Waals surface area (Å²) in [6.45, 7) is 1.54. The SMILES string of the molecule is Cc1cn(CC(O)N(CCO)CCO)c([N+](=O)[O-])n1. The maximum absolute atomic E-state index is 10.8. The summed E-state index contributed by atoms with van der Waals surface area (Å²) in [6.07, 6.45) is 0.420. The molecule has 1 unspecified atom stereocenters. The van der Waals surface area contributed by atoms with Crippen molar-refractivity contribution >= 4 is 5.95 Å². The monoisotopic (exact) mass is 274 g/mol. The first-order valence-electron chi connectivity index (χ1n) is 5.81. The molecule has 0 aliphatic rings. The normalized spacial score (nSPS) is 12.9. The van der Waals surface area contributed by atoms with E-state index in [2.05, 4.69) is 4.98 Å². The molecule has 108 valence electrons. The predicted octanol–water partition coefficient (Wildman–Crippen LogP) is -1.30. The molecule has 0 aliphatic heterocycles. The van der Waals surface area contributed by atoms with Crippen LogP contribution in [0.5, 0.6) is 0 Å². The molecule has 0 fully saturated rings. The Labute approximate surface area is 109 Å². The van der Waals surface area contributed by atoms with Gasteiger partial charge in [-0.1, -0.05) is 4.98 Å². The molecule has 0 aromatic carbocycles. The Morgan fingerprint density at radius 2 is 2.05 bits per heavy atom. The van der Waals surface area contributed by atoms with Gasteiger partial charge in [-0.15, -0.1) is 0 Å². The molecule has 1 heterocycles. The highest BCUT2D eigenvalue weighted by atomic mass is 16.6. The summed E-state index contributed by atoms with van der Waals surface area (Å²) in [4.78, 5) is 15.3. The standard InChI is InChI=1S/C10H18N4O5/c1-8-6-13(10(11-8)14(18)19)7-9(17)12(2-4-15)3-5-16/h6,9,15-17H,2-5,7H2,1H3. The van der Waals surface area contributed by atoms with Crippen molar-refractivity contribution in [2.45, 2.75) is 19.7 Å². The van der Waals surface area contributed by atoms with E-state index in [9.17, 15) is 15.2 Å². The Morgan fingerprint density at radius 1 is 1.47 bits per heavy atom. The fourth-order valence-electron chi connectivity index (χ4n) is 1.77. The number of nitro groups is 1. The van der Waals surface area contributed by atoms with Gasteiger partial charge in [0, 0.05) is 13.1 Å². The zero-order valence-electron chi connectivity index (χ0n) is 10.6. The fraction of sp³-hybridized carbons (Fsp3) is 0.700. The summed E-state index contributed by atoms with van der Waals surface area (Å²) in [5, 5.41) is 38.5. The van der Waals surface area contributed by atoms with Crippen LogP contribution in [0.1, 0.15) is 5.69 Å². The Bertz CT molecular complexity index is 416. The van der Waals surface area contributed by atoms with Crippen molar-refractivity contribution in [1.29, 1.82) is 0 Å². The van der Waals surface area contributed by atoms with Crippen molar-refractivity contribution in [1.82, 2.24) is 14.5 Å². The lowest BCUT2D eigenvalue weighted by atomic mass is 10.4.